The Kier molecular flexibility index (Phi) is 2.71. The fourth-order valence-electron chi connectivity index (χ4n) is 6.48. The molecule has 2 fully saturated rings. The Labute approximate surface area is 119 Å². The Morgan fingerprint density at radius 1 is 0.842 bits per heavy atom. The Bertz CT molecular complexity index is 418. The first-order valence-electron chi connectivity index (χ1n) is 8.86. The molecule has 0 unspecified atom stereocenters. The molecule has 0 aromatic heterocycles. The Hall–Kier alpha value is -0.260. The van der Waals surface area contributed by atoms with E-state index < -0.39 is 0 Å². The van der Waals surface area contributed by atoms with Gasteiger partial charge in [0.15, 0.2) is 0 Å². The van der Waals surface area contributed by atoms with Crippen molar-refractivity contribution in [3.05, 3.63) is 11.1 Å². The predicted molar refractivity (Wildman–Crippen MR) is 81.0 cm³/mol. The molecular weight excluding hydrogens is 228 g/mol. The highest BCUT2D eigenvalue weighted by Crippen LogP contribution is 2.63. The molecule has 0 amide bonds. The molecule has 4 aliphatic rings. The van der Waals surface area contributed by atoms with Crippen LogP contribution in [0.1, 0.15) is 84.5 Å². The molecule has 4 rings (SSSR count). The van der Waals surface area contributed by atoms with Gasteiger partial charge >= 0.3 is 0 Å². The average molecular weight is 258 g/mol. The summed E-state index contributed by atoms with van der Waals surface area (Å²) in [6.07, 6.45) is 16.5. The van der Waals surface area contributed by atoms with Crippen LogP contribution in [0.5, 0.6) is 0 Å². The number of rotatable bonds is 0. The molecule has 0 saturated heterocycles. The highest BCUT2D eigenvalue weighted by molar-refractivity contribution is 5.33. The van der Waals surface area contributed by atoms with Crippen LogP contribution in [0.2, 0.25) is 0 Å². The molecule has 0 spiro atoms. The van der Waals surface area contributed by atoms with Gasteiger partial charge in [-0.05, 0) is 74.0 Å². The molecule has 0 bridgehead atoms. The summed E-state index contributed by atoms with van der Waals surface area (Å²) in [7, 11) is 0. The highest BCUT2D eigenvalue weighted by Gasteiger charge is 2.51. The van der Waals surface area contributed by atoms with E-state index in [9.17, 15) is 0 Å². The van der Waals surface area contributed by atoms with Crippen molar-refractivity contribution >= 4 is 0 Å². The predicted octanol–water partition coefficient (Wildman–Crippen LogP) is 5.87. The maximum Gasteiger partial charge on any atom is -0.00852 e. The third kappa shape index (κ3) is 1.64. The molecule has 0 aromatic rings. The van der Waals surface area contributed by atoms with E-state index in [1.54, 1.807) is 0 Å². The van der Waals surface area contributed by atoms with Crippen molar-refractivity contribution in [2.24, 2.45) is 22.7 Å². The first-order valence-corrected chi connectivity index (χ1v) is 8.86. The topological polar surface area (TPSA) is 0 Å². The van der Waals surface area contributed by atoms with Crippen LogP contribution in [0.3, 0.4) is 0 Å². The van der Waals surface area contributed by atoms with Gasteiger partial charge < -0.3 is 0 Å². The largest absolute Gasteiger partial charge is 0.0668 e. The van der Waals surface area contributed by atoms with Gasteiger partial charge in [0.2, 0.25) is 0 Å². The summed E-state index contributed by atoms with van der Waals surface area (Å²) in [5.74, 6) is 2.02. The number of hydrogen-bond donors (Lipinski definition) is 0. The van der Waals surface area contributed by atoms with Crippen LogP contribution in [0.25, 0.3) is 0 Å². The average Bonchev–Trinajstić information content (AvgIpc) is 2.79. The lowest BCUT2D eigenvalue weighted by atomic mass is 9.52. The Balaban J connectivity index is 1.76. The van der Waals surface area contributed by atoms with Crippen LogP contribution in [0.15, 0.2) is 11.1 Å². The van der Waals surface area contributed by atoms with Crippen molar-refractivity contribution in [1.82, 2.24) is 0 Å². The molecule has 106 valence electrons. The second kappa shape index (κ2) is 4.12. The maximum atomic E-state index is 2.64. The summed E-state index contributed by atoms with van der Waals surface area (Å²) in [5, 5.41) is 0. The summed E-state index contributed by atoms with van der Waals surface area (Å²) in [5.41, 5.74) is 5.27. The lowest BCUT2D eigenvalue weighted by Crippen LogP contribution is -2.41. The van der Waals surface area contributed by atoms with Crippen molar-refractivity contribution in [3.8, 4) is 0 Å². The fourth-order valence-corrected chi connectivity index (χ4v) is 6.48. The van der Waals surface area contributed by atoms with E-state index >= 15 is 0 Å². The fraction of sp³-hybridized carbons (Fsp3) is 0.895. The van der Waals surface area contributed by atoms with Gasteiger partial charge in [-0.1, -0.05) is 44.3 Å². The lowest BCUT2D eigenvalue weighted by molar-refractivity contribution is 0.0996. The number of fused-ring (bicyclic) bond motifs is 4. The van der Waals surface area contributed by atoms with Crippen molar-refractivity contribution < 1.29 is 0 Å². The Morgan fingerprint density at radius 3 is 2.63 bits per heavy atom. The second-order valence-corrected chi connectivity index (χ2v) is 8.50. The molecule has 19 heavy (non-hydrogen) atoms. The van der Waals surface area contributed by atoms with E-state index in [-0.39, 0.29) is 0 Å². The number of allylic oxidation sites excluding steroid dienone is 2. The normalized spacial score (nSPS) is 49.6. The summed E-state index contributed by atoms with van der Waals surface area (Å²) in [6, 6.07) is 0. The minimum absolute atomic E-state index is 0.621. The van der Waals surface area contributed by atoms with E-state index in [1.807, 2.05) is 11.1 Å². The summed E-state index contributed by atoms with van der Waals surface area (Å²) >= 11 is 0. The molecule has 0 aliphatic heterocycles. The summed E-state index contributed by atoms with van der Waals surface area (Å²) < 4.78 is 0. The van der Waals surface area contributed by atoms with Gasteiger partial charge in [0, 0.05) is 0 Å². The van der Waals surface area contributed by atoms with E-state index in [0.717, 1.165) is 11.8 Å². The maximum absolute atomic E-state index is 2.64. The zero-order chi connectivity index (χ0) is 13.1. The quantitative estimate of drug-likeness (QED) is 0.476. The molecule has 0 aromatic carbocycles. The first kappa shape index (κ1) is 12.5. The van der Waals surface area contributed by atoms with Crippen LogP contribution in [0, 0.1) is 22.7 Å². The van der Waals surface area contributed by atoms with Gasteiger partial charge in [-0.15, -0.1) is 0 Å². The van der Waals surface area contributed by atoms with Gasteiger partial charge in [-0.3, -0.25) is 0 Å². The van der Waals surface area contributed by atoms with Crippen LogP contribution < -0.4 is 0 Å². The first-order chi connectivity index (χ1) is 9.13. The lowest BCUT2D eigenvalue weighted by Gasteiger charge is -2.53. The third-order valence-electron chi connectivity index (χ3n) is 7.69. The second-order valence-electron chi connectivity index (χ2n) is 8.50. The third-order valence-corrected chi connectivity index (χ3v) is 7.69. The smallest absolute Gasteiger partial charge is 0.00852 e. The molecular formula is C19H30. The van der Waals surface area contributed by atoms with Gasteiger partial charge in [-0.2, -0.15) is 0 Å². The summed E-state index contributed by atoms with van der Waals surface area (Å²) in [4.78, 5) is 0. The molecule has 0 nitrogen and oxygen atoms in total. The van der Waals surface area contributed by atoms with Crippen LogP contribution in [0.4, 0.5) is 0 Å². The minimum atomic E-state index is 0.621. The summed E-state index contributed by atoms with van der Waals surface area (Å²) in [6.45, 7) is 5.24. The van der Waals surface area contributed by atoms with Crippen LogP contribution in [-0.2, 0) is 0 Å². The standard InChI is InChI=1S/C19H30/c1-18-11-5-7-16(18)15-9-8-14-6-3-4-12-19(14,2)17(15)10-13-18/h14,16H,3-13H2,1-2H3/t14-,16+,18+,19+/m1/s1. The van der Waals surface area contributed by atoms with E-state index in [2.05, 4.69) is 13.8 Å². The molecule has 0 radical (unpaired) electrons. The van der Waals surface area contributed by atoms with Crippen molar-refractivity contribution in [3.63, 3.8) is 0 Å². The minimum Gasteiger partial charge on any atom is -0.0668 e. The Morgan fingerprint density at radius 2 is 1.74 bits per heavy atom. The van der Waals surface area contributed by atoms with Crippen LogP contribution in [-0.4, -0.2) is 0 Å². The van der Waals surface area contributed by atoms with Crippen molar-refractivity contribution in [1.29, 1.82) is 0 Å². The zero-order valence-electron chi connectivity index (χ0n) is 12.9. The molecule has 0 N–H and O–H groups in total. The zero-order valence-corrected chi connectivity index (χ0v) is 12.9. The van der Waals surface area contributed by atoms with Gasteiger partial charge in [0.25, 0.3) is 0 Å². The van der Waals surface area contributed by atoms with Crippen molar-refractivity contribution in [2.75, 3.05) is 0 Å². The van der Waals surface area contributed by atoms with Gasteiger partial charge in [0.1, 0.15) is 0 Å². The monoisotopic (exact) mass is 258 g/mol. The highest BCUT2D eigenvalue weighted by atomic mass is 14.6. The van der Waals surface area contributed by atoms with Crippen LogP contribution >= 0.6 is 0 Å². The van der Waals surface area contributed by atoms with Gasteiger partial charge in [0.05, 0.1) is 0 Å². The van der Waals surface area contributed by atoms with Gasteiger partial charge in [-0.25, -0.2) is 0 Å². The van der Waals surface area contributed by atoms with Crippen molar-refractivity contribution in [2.45, 2.75) is 84.5 Å². The molecule has 2 saturated carbocycles. The number of hydrogen-bond acceptors (Lipinski definition) is 0. The molecule has 4 aliphatic carbocycles. The van der Waals surface area contributed by atoms with E-state index in [1.165, 1.54) is 70.6 Å². The van der Waals surface area contributed by atoms with E-state index in [4.69, 9.17) is 0 Å². The molecule has 0 heterocycles. The molecule has 0 heteroatoms. The molecule has 4 atom stereocenters. The van der Waals surface area contributed by atoms with E-state index in [0.29, 0.717) is 10.8 Å². The SMILES string of the molecule is C[C@@]12CCC[C@H]1C1=C(CC2)[C@@]2(C)CCCC[C@@H]2CC1.